The minimum atomic E-state index is -0.144. The zero-order valence-electron chi connectivity index (χ0n) is 18.3. The molecule has 5 rings (SSSR count). The number of fused-ring (bicyclic) bond motifs is 1. The zero-order chi connectivity index (χ0) is 23.7. The largest absolute Gasteiger partial charge is 0.335 e. The molecule has 1 amide bonds. The van der Waals surface area contributed by atoms with Crippen LogP contribution < -0.4 is 5.56 Å². The second kappa shape index (κ2) is 9.52. The number of nitrogens with one attached hydrogen (secondary N) is 1. The van der Waals surface area contributed by atoms with E-state index >= 15 is 0 Å². The Morgan fingerprint density at radius 2 is 1.79 bits per heavy atom. The van der Waals surface area contributed by atoms with E-state index in [1.54, 1.807) is 10.6 Å². The highest BCUT2D eigenvalue weighted by Crippen LogP contribution is 2.23. The quantitative estimate of drug-likeness (QED) is 0.338. The van der Waals surface area contributed by atoms with Crippen molar-refractivity contribution in [3.63, 3.8) is 0 Å². The number of nitrogens with zero attached hydrogens (tertiary/aromatic N) is 2. The fourth-order valence-corrected chi connectivity index (χ4v) is 4.87. The van der Waals surface area contributed by atoms with Crippen LogP contribution in [0.15, 0.2) is 88.1 Å². The summed E-state index contributed by atoms with van der Waals surface area (Å²) in [5.74, 6) is 0.0138. The molecule has 2 heterocycles. The number of benzene rings is 3. The average molecular weight is 532 g/mol. The van der Waals surface area contributed by atoms with Crippen LogP contribution in [0, 0.1) is 4.77 Å². The normalized spacial score (nSPS) is 13.7. The van der Waals surface area contributed by atoms with E-state index in [1.165, 1.54) is 11.1 Å². The predicted molar refractivity (Wildman–Crippen MR) is 142 cm³/mol. The lowest BCUT2D eigenvalue weighted by Crippen LogP contribution is -2.34. The summed E-state index contributed by atoms with van der Waals surface area (Å²) in [5.41, 5.74) is 4.60. The van der Waals surface area contributed by atoms with Crippen molar-refractivity contribution in [1.82, 2.24) is 14.5 Å². The highest BCUT2D eigenvalue weighted by molar-refractivity contribution is 9.10. The Hall–Kier alpha value is -3.29. The lowest BCUT2D eigenvalue weighted by atomic mass is 9.99. The van der Waals surface area contributed by atoms with Crippen LogP contribution in [0.25, 0.3) is 16.5 Å². The van der Waals surface area contributed by atoms with Crippen molar-refractivity contribution in [1.29, 1.82) is 0 Å². The number of hydrogen-bond donors (Lipinski definition) is 1. The summed E-state index contributed by atoms with van der Waals surface area (Å²) in [6.45, 7) is 1.62. The van der Waals surface area contributed by atoms with E-state index in [2.05, 4.69) is 39.1 Å². The van der Waals surface area contributed by atoms with Gasteiger partial charge in [0.2, 0.25) is 0 Å². The fraction of sp³-hybridized carbons (Fsp3) is 0.148. The molecule has 0 unspecified atom stereocenters. The third kappa shape index (κ3) is 4.54. The second-order valence-corrected chi connectivity index (χ2v) is 9.61. The van der Waals surface area contributed by atoms with Gasteiger partial charge < -0.3 is 9.88 Å². The molecule has 7 heteroatoms. The first kappa shape index (κ1) is 22.5. The van der Waals surface area contributed by atoms with Gasteiger partial charge in [0, 0.05) is 23.1 Å². The molecule has 34 heavy (non-hydrogen) atoms. The molecule has 1 N–H and O–H groups in total. The zero-order valence-corrected chi connectivity index (χ0v) is 20.7. The van der Waals surface area contributed by atoms with Gasteiger partial charge in [-0.1, -0.05) is 64.5 Å². The first-order chi connectivity index (χ1) is 16.5. The van der Waals surface area contributed by atoms with Crippen molar-refractivity contribution < 1.29 is 4.79 Å². The van der Waals surface area contributed by atoms with Crippen LogP contribution in [-0.2, 0) is 6.54 Å². The van der Waals surface area contributed by atoms with Gasteiger partial charge in [0.15, 0.2) is 4.77 Å². The van der Waals surface area contributed by atoms with Gasteiger partial charge in [0.25, 0.3) is 11.5 Å². The fourth-order valence-electron chi connectivity index (χ4n) is 4.25. The van der Waals surface area contributed by atoms with Crippen molar-refractivity contribution in [2.45, 2.75) is 13.0 Å². The Balaban J connectivity index is 1.32. The van der Waals surface area contributed by atoms with E-state index in [4.69, 9.17) is 12.2 Å². The van der Waals surface area contributed by atoms with Crippen LogP contribution in [0.2, 0.25) is 0 Å². The first-order valence-electron chi connectivity index (χ1n) is 11.0. The molecule has 0 saturated carbocycles. The van der Waals surface area contributed by atoms with E-state index in [0.29, 0.717) is 40.9 Å². The molecule has 1 aromatic heterocycles. The Labute approximate surface area is 210 Å². The molecule has 0 radical (unpaired) electrons. The van der Waals surface area contributed by atoms with E-state index in [0.717, 1.165) is 16.5 Å². The number of carbonyl (C=O) groups excluding carboxylic acids is 1. The summed E-state index contributed by atoms with van der Waals surface area (Å²) < 4.78 is 2.75. The van der Waals surface area contributed by atoms with E-state index in [-0.39, 0.29) is 11.5 Å². The Kier molecular flexibility index (Phi) is 6.30. The molecule has 0 bridgehead atoms. The Morgan fingerprint density at radius 1 is 1.03 bits per heavy atom. The molecular formula is C27H22BrN3O2S. The molecule has 3 aromatic carbocycles. The van der Waals surface area contributed by atoms with Crippen LogP contribution in [0.4, 0.5) is 0 Å². The third-order valence-electron chi connectivity index (χ3n) is 6.13. The van der Waals surface area contributed by atoms with Crippen LogP contribution >= 0.6 is 28.1 Å². The smallest absolute Gasteiger partial charge is 0.262 e. The van der Waals surface area contributed by atoms with Gasteiger partial charge in [-0.15, -0.1) is 0 Å². The Bertz CT molecular complexity index is 1520. The molecular weight excluding hydrogens is 510 g/mol. The highest BCUT2D eigenvalue weighted by atomic mass is 79.9. The second-order valence-electron chi connectivity index (χ2n) is 8.30. The number of aromatic amines is 1. The first-order valence-corrected chi connectivity index (χ1v) is 12.2. The van der Waals surface area contributed by atoms with Crippen molar-refractivity contribution in [3.8, 4) is 0 Å². The van der Waals surface area contributed by atoms with Gasteiger partial charge in [-0.2, -0.15) is 0 Å². The summed E-state index contributed by atoms with van der Waals surface area (Å²) in [5, 5.41) is 0.572. The van der Waals surface area contributed by atoms with Crippen molar-refractivity contribution in [2.75, 3.05) is 13.1 Å². The molecule has 0 fully saturated rings. The SMILES string of the molecule is O=C(c1ccc(Cn2c(=S)[nH]c3ccc(Br)cc3c2=O)cc1)N1CC=C(c2ccccc2)CC1. The van der Waals surface area contributed by atoms with Gasteiger partial charge in [-0.25, -0.2) is 0 Å². The number of amides is 1. The van der Waals surface area contributed by atoms with Gasteiger partial charge in [0.1, 0.15) is 0 Å². The molecule has 0 aliphatic carbocycles. The number of hydrogen-bond acceptors (Lipinski definition) is 3. The van der Waals surface area contributed by atoms with Crippen molar-refractivity contribution in [3.05, 3.63) is 115 Å². The molecule has 5 nitrogen and oxygen atoms in total. The minimum Gasteiger partial charge on any atom is -0.335 e. The highest BCUT2D eigenvalue weighted by Gasteiger charge is 2.19. The standard InChI is InChI=1S/C27H22BrN3O2S/c28-22-10-11-24-23(16-22)26(33)31(27(34)29-24)17-18-6-8-21(9-7-18)25(32)30-14-12-20(13-15-30)19-4-2-1-3-5-19/h1-12,16H,13-15,17H2,(H,29,34). The van der Waals surface area contributed by atoms with Gasteiger partial charge in [-0.3, -0.25) is 14.2 Å². The lowest BCUT2D eigenvalue weighted by Gasteiger charge is -2.27. The van der Waals surface area contributed by atoms with Crippen LogP contribution in [0.5, 0.6) is 0 Å². The molecule has 0 saturated heterocycles. The summed E-state index contributed by atoms with van der Waals surface area (Å²) in [7, 11) is 0. The maximum absolute atomic E-state index is 13.0. The molecule has 170 valence electrons. The summed E-state index contributed by atoms with van der Waals surface area (Å²) in [4.78, 5) is 31.0. The van der Waals surface area contributed by atoms with Gasteiger partial charge in [-0.05, 0) is 65.7 Å². The number of carbonyl (C=O) groups is 1. The topological polar surface area (TPSA) is 58.1 Å². The minimum absolute atomic E-state index is 0.0138. The summed E-state index contributed by atoms with van der Waals surface area (Å²) >= 11 is 8.84. The van der Waals surface area contributed by atoms with E-state index in [9.17, 15) is 9.59 Å². The molecule has 1 aliphatic rings. The van der Waals surface area contributed by atoms with Gasteiger partial charge >= 0.3 is 0 Å². The van der Waals surface area contributed by atoms with Crippen LogP contribution in [0.3, 0.4) is 0 Å². The number of halogens is 1. The average Bonchev–Trinajstić information content (AvgIpc) is 2.88. The molecule has 4 aromatic rings. The predicted octanol–water partition coefficient (Wildman–Crippen LogP) is 5.80. The lowest BCUT2D eigenvalue weighted by molar-refractivity contribution is 0.0773. The number of rotatable bonds is 4. The van der Waals surface area contributed by atoms with Crippen molar-refractivity contribution in [2.24, 2.45) is 0 Å². The summed E-state index contributed by atoms with van der Waals surface area (Å²) in [6.07, 6.45) is 2.98. The van der Waals surface area contributed by atoms with Crippen LogP contribution in [-0.4, -0.2) is 33.4 Å². The molecule has 0 atom stereocenters. The maximum Gasteiger partial charge on any atom is 0.262 e. The van der Waals surface area contributed by atoms with Gasteiger partial charge in [0.05, 0.1) is 17.4 Å². The van der Waals surface area contributed by atoms with Crippen LogP contribution in [0.1, 0.15) is 27.9 Å². The molecule has 1 aliphatic heterocycles. The number of aromatic nitrogens is 2. The maximum atomic E-state index is 13.0. The third-order valence-corrected chi connectivity index (χ3v) is 6.94. The number of H-pyrrole nitrogens is 1. The monoisotopic (exact) mass is 531 g/mol. The van der Waals surface area contributed by atoms with Crippen molar-refractivity contribution >= 4 is 50.5 Å². The molecule has 0 spiro atoms. The summed E-state index contributed by atoms with van der Waals surface area (Å²) in [6, 6.07) is 23.2. The Morgan fingerprint density at radius 3 is 2.50 bits per heavy atom. The van der Waals surface area contributed by atoms with E-state index < -0.39 is 0 Å². The van der Waals surface area contributed by atoms with E-state index in [1.807, 2.05) is 59.5 Å².